The molecule has 7 nitrogen and oxygen atoms in total. The lowest BCUT2D eigenvalue weighted by atomic mass is 10.1. The van der Waals surface area contributed by atoms with Gasteiger partial charge in [-0.05, 0) is 48.9 Å². The van der Waals surface area contributed by atoms with E-state index in [1.54, 1.807) is 0 Å². The van der Waals surface area contributed by atoms with Crippen LogP contribution in [-0.2, 0) is 6.54 Å². The summed E-state index contributed by atoms with van der Waals surface area (Å²) in [6.07, 6.45) is 0. The highest BCUT2D eigenvalue weighted by Gasteiger charge is 2.18. The molecule has 2 aromatic rings. The fraction of sp³-hybridized carbons (Fsp3) is 0.435. The number of benzene rings is 2. The van der Waals surface area contributed by atoms with E-state index in [1.807, 2.05) is 37.3 Å². The Kier molecular flexibility index (Phi) is 8.40. The molecule has 8 heteroatoms. The van der Waals surface area contributed by atoms with E-state index in [0.29, 0.717) is 25.8 Å². The van der Waals surface area contributed by atoms with E-state index >= 15 is 0 Å². The highest BCUT2D eigenvalue weighted by Crippen LogP contribution is 2.32. The lowest BCUT2D eigenvalue weighted by Crippen LogP contribution is -2.46. The van der Waals surface area contributed by atoms with E-state index in [4.69, 9.17) is 19.9 Å². The van der Waals surface area contributed by atoms with Crippen molar-refractivity contribution in [1.29, 1.82) is 0 Å². The summed E-state index contributed by atoms with van der Waals surface area (Å²) in [5.74, 6) is 3.13. The predicted octanol–water partition coefficient (Wildman–Crippen LogP) is 2.76. The first-order valence-electron chi connectivity index (χ1n) is 10.6. The van der Waals surface area contributed by atoms with Crippen molar-refractivity contribution >= 4 is 18.2 Å². The van der Waals surface area contributed by atoms with Crippen molar-refractivity contribution in [3.8, 4) is 17.2 Å². The summed E-state index contributed by atoms with van der Waals surface area (Å²) >= 11 is 0. The molecule has 2 aromatic carbocycles. The maximum absolute atomic E-state index is 6.14. The molecule has 168 valence electrons. The summed E-state index contributed by atoms with van der Waals surface area (Å²) in [6, 6.07) is 14.0. The fourth-order valence-corrected chi connectivity index (χ4v) is 3.76. The van der Waals surface area contributed by atoms with Crippen molar-refractivity contribution in [1.82, 2.24) is 9.80 Å². The third-order valence-corrected chi connectivity index (χ3v) is 5.47. The predicted molar refractivity (Wildman–Crippen MR) is 125 cm³/mol. The molecule has 1 fully saturated rings. The topological polar surface area (TPSA) is 72.6 Å². The zero-order chi connectivity index (χ0) is 20.8. The molecular weight excluding hydrogens is 416 g/mol. The second-order valence-corrected chi connectivity index (χ2v) is 7.53. The number of hydrogen-bond acceptors (Lipinski definition) is 6. The quantitative estimate of drug-likeness (QED) is 0.496. The fourth-order valence-electron chi connectivity index (χ4n) is 3.76. The highest BCUT2D eigenvalue weighted by atomic mass is 35.5. The molecule has 0 bridgehead atoms. The summed E-state index contributed by atoms with van der Waals surface area (Å²) in [4.78, 5) is 9.48. The average Bonchev–Trinajstić information content (AvgIpc) is 3.24. The Balaban J connectivity index is 0.00000272. The Morgan fingerprint density at radius 3 is 2.45 bits per heavy atom. The van der Waals surface area contributed by atoms with Gasteiger partial charge in [-0.15, -0.1) is 12.4 Å². The van der Waals surface area contributed by atoms with Gasteiger partial charge >= 0.3 is 0 Å². The van der Waals surface area contributed by atoms with Crippen LogP contribution in [0, 0.1) is 0 Å². The summed E-state index contributed by atoms with van der Waals surface area (Å²) in [6.45, 7) is 9.71. The van der Waals surface area contributed by atoms with Gasteiger partial charge in [-0.3, -0.25) is 14.8 Å². The summed E-state index contributed by atoms with van der Waals surface area (Å²) in [5, 5.41) is 0. The minimum atomic E-state index is 0. The monoisotopic (exact) mass is 446 g/mol. The van der Waals surface area contributed by atoms with Crippen LogP contribution in [0.5, 0.6) is 17.2 Å². The molecule has 0 radical (unpaired) electrons. The Hall–Kier alpha value is -2.48. The molecule has 2 aliphatic rings. The van der Waals surface area contributed by atoms with Gasteiger partial charge in [0.05, 0.1) is 13.2 Å². The van der Waals surface area contributed by atoms with Gasteiger partial charge in [-0.2, -0.15) is 0 Å². The van der Waals surface area contributed by atoms with Crippen LogP contribution in [0.4, 0.5) is 0 Å². The number of amidine groups is 1. The number of piperazine rings is 1. The van der Waals surface area contributed by atoms with Crippen LogP contribution >= 0.6 is 12.4 Å². The minimum absolute atomic E-state index is 0. The van der Waals surface area contributed by atoms with Crippen LogP contribution in [0.15, 0.2) is 47.5 Å². The molecule has 0 aliphatic carbocycles. The molecule has 0 unspecified atom stereocenters. The normalized spacial score (nSPS) is 16.7. The average molecular weight is 447 g/mol. The highest BCUT2D eigenvalue weighted by molar-refractivity contribution is 5.97. The summed E-state index contributed by atoms with van der Waals surface area (Å²) in [5.41, 5.74) is 8.35. The van der Waals surface area contributed by atoms with E-state index < -0.39 is 0 Å². The number of nitrogens with two attached hydrogens (primary N) is 1. The van der Waals surface area contributed by atoms with E-state index in [1.165, 1.54) is 5.56 Å². The summed E-state index contributed by atoms with van der Waals surface area (Å²) in [7, 11) is 0. The standard InChI is InChI=1S/C23H30N4O3.ClH/c1-2-28-20-6-4-19(5-7-20)23(24)25-9-10-26-11-13-27(14-12-26)16-18-3-8-21-22(15-18)30-17-29-21;/h3-8,15H,2,9-14,16-17H2,1H3,(H2,24,25);1H. The largest absolute Gasteiger partial charge is 0.494 e. The Bertz CT molecular complexity index is 868. The van der Waals surface area contributed by atoms with Crippen LogP contribution in [0.3, 0.4) is 0 Å². The smallest absolute Gasteiger partial charge is 0.231 e. The van der Waals surface area contributed by atoms with Crippen molar-refractivity contribution in [3.05, 3.63) is 53.6 Å². The van der Waals surface area contributed by atoms with Crippen molar-refractivity contribution < 1.29 is 14.2 Å². The van der Waals surface area contributed by atoms with Crippen molar-refractivity contribution in [2.24, 2.45) is 10.7 Å². The van der Waals surface area contributed by atoms with Crippen molar-refractivity contribution in [2.45, 2.75) is 13.5 Å². The molecule has 1 saturated heterocycles. The summed E-state index contributed by atoms with van der Waals surface area (Å²) < 4.78 is 16.3. The number of aliphatic imine (C=N–C) groups is 1. The number of nitrogens with zero attached hydrogens (tertiary/aromatic N) is 3. The maximum atomic E-state index is 6.14. The molecule has 2 heterocycles. The second kappa shape index (κ2) is 11.2. The van der Waals surface area contributed by atoms with Crippen LogP contribution in [0.1, 0.15) is 18.1 Å². The minimum Gasteiger partial charge on any atom is -0.494 e. The molecule has 0 saturated carbocycles. The lowest BCUT2D eigenvalue weighted by molar-refractivity contribution is 0.130. The molecular formula is C23H31ClN4O3. The Labute approximate surface area is 190 Å². The van der Waals surface area contributed by atoms with Crippen molar-refractivity contribution in [2.75, 3.05) is 52.7 Å². The van der Waals surface area contributed by atoms with Crippen LogP contribution in [0.2, 0.25) is 0 Å². The Morgan fingerprint density at radius 2 is 1.71 bits per heavy atom. The van der Waals surface area contributed by atoms with Crippen LogP contribution in [0.25, 0.3) is 0 Å². The van der Waals surface area contributed by atoms with Crippen LogP contribution in [-0.4, -0.2) is 68.3 Å². The van der Waals surface area contributed by atoms with E-state index in [-0.39, 0.29) is 12.4 Å². The third kappa shape index (κ3) is 6.26. The zero-order valence-electron chi connectivity index (χ0n) is 18.0. The first kappa shape index (κ1) is 23.2. The number of ether oxygens (including phenoxy) is 3. The molecule has 2 aliphatic heterocycles. The molecule has 2 N–H and O–H groups in total. The lowest BCUT2D eigenvalue weighted by Gasteiger charge is -2.34. The van der Waals surface area contributed by atoms with Gasteiger partial charge in [0.25, 0.3) is 0 Å². The molecule has 0 amide bonds. The van der Waals surface area contributed by atoms with E-state index in [0.717, 1.165) is 62.1 Å². The number of rotatable bonds is 8. The Morgan fingerprint density at radius 1 is 1.00 bits per heavy atom. The van der Waals surface area contributed by atoms with E-state index in [9.17, 15) is 0 Å². The maximum Gasteiger partial charge on any atom is 0.231 e. The molecule has 0 atom stereocenters. The van der Waals surface area contributed by atoms with E-state index in [2.05, 4.69) is 26.9 Å². The first-order valence-corrected chi connectivity index (χ1v) is 10.6. The van der Waals surface area contributed by atoms with Gasteiger partial charge in [-0.1, -0.05) is 6.07 Å². The first-order chi connectivity index (χ1) is 14.7. The van der Waals surface area contributed by atoms with Gasteiger partial charge < -0.3 is 19.9 Å². The molecule has 31 heavy (non-hydrogen) atoms. The van der Waals surface area contributed by atoms with Crippen molar-refractivity contribution in [3.63, 3.8) is 0 Å². The zero-order valence-corrected chi connectivity index (χ0v) is 18.8. The molecule has 0 aromatic heterocycles. The van der Waals surface area contributed by atoms with Crippen LogP contribution < -0.4 is 19.9 Å². The number of hydrogen-bond donors (Lipinski definition) is 1. The number of fused-ring (bicyclic) bond motifs is 1. The molecule has 4 rings (SSSR count). The van der Waals surface area contributed by atoms with Gasteiger partial charge in [0, 0.05) is 44.8 Å². The van der Waals surface area contributed by atoms with Gasteiger partial charge in [0.15, 0.2) is 11.5 Å². The number of halogens is 1. The third-order valence-electron chi connectivity index (χ3n) is 5.47. The molecule has 0 spiro atoms. The second-order valence-electron chi connectivity index (χ2n) is 7.53. The SMILES string of the molecule is CCOc1ccc(C(N)=NCCN2CCN(Cc3ccc4c(c3)OCO4)CC2)cc1.Cl. The van der Waals surface area contributed by atoms with Gasteiger partial charge in [0.2, 0.25) is 6.79 Å². The van der Waals surface area contributed by atoms with Gasteiger partial charge in [-0.25, -0.2) is 0 Å². The van der Waals surface area contributed by atoms with Gasteiger partial charge in [0.1, 0.15) is 11.6 Å².